The normalized spacial score (nSPS) is 24.9. The molecule has 2 atom stereocenters. The lowest BCUT2D eigenvalue weighted by Gasteiger charge is -2.37. The summed E-state index contributed by atoms with van der Waals surface area (Å²) < 4.78 is 2.30. The number of fused-ring (bicyclic) bond motifs is 2. The standard InChI is InChI=1S/C14H23N2/c1-13(2,3)11-10-7-15-9-16(8-10)12(11)14(4,5)6/h7-9,11-12H,1-6H3/q+1. The second kappa shape index (κ2) is 3.28. The highest BCUT2D eigenvalue weighted by molar-refractivity contribution is 5.17. The largest absolute Gasteiger partial charge is 0.286 e. The molecule has 0 spiro atoms. The zero-order valence-electron chi connectivity index (χ0n) is 11.3. The van der Waals surface area contributed by atoms with Crippen molar-refractivity contribution < 1.29 is 4.57 Å². The topological polar surface area (TPSA) is 16.8 Å². The van der Waals surface area contributed by atoms with E-state index < -0.39 is 0 Å². The molecule has 1 aliphatic rings. The van der Waals surface area contributed by atoms with Gasteiger partial charge in [0.25, 0.3) is 6.33 Å². The molecule has 2 rings (SSSR count). The minimum atomic E-state index is 0.264. The summed E-state index contributed by atoms with van der Waals surface area (Å²) in [5.74, 6) is 0.565. The van der Waals surface area contributed by atoms with Gasteiger partial charge in [0.2, 0.25) is 0 Å². The first-order valence-electron chi connectivity index (χ1n) is 6.07. The van der Waals surface area contributed by atoms with E-state index in [2.05, 4.69) is 57.3 Å². The third-order valence-corrected chi connectivity index (χ3v) is 3.54. The Morgan fingerprint density at radius 2 is 1.69 bits per heavy atom. The molecule has 2 bridgehead atoms. The Balaban J connectivity index is 2.51. The van der Waals surface area contributed by atoms with Crippen LogP contribution in [0.3, 0.4) is 0 Å². The maximum absolute atomic E-state index is 4.34. The lowest BCUT2D eigenvalue weighted by Crippen LogP contribution is -2.46. The van der Waals surface area contributed by atoms with Gasteiger partial charge in [0.1, 0.15) is 12.2 Å². The van der Waals surface area contributed by atoms with Crippen LogP contribution in [0.2, 0.25) is 0 Å². The van der Waals surface area contributed by atoms with E-state index >= 15 is 0 Å². The molecule has 0 saturated carbocycles. The second-order valence-electron chi connectivity index (χ2n) is 7.12. The highest BCUT2D eigenvalue weighted by Gasteiger charge is 2.48. The van der Waals surface area contributed by atoms with Gasteiger partial charge >= 0.3 is 0 Å². The van der Waals surface area contributed by atoms with E-state index in [9.17, 15) is 0 Å². The van der Waals surface area contributed by atoms with Crippen molar-refractivity contribution in [3.05, 3.63) is 24.3 Å². The van der Waals surface area contributed by atoms with Crippen LogP contribution in [0.1, 0.15) is 59.1 Å². The smallest absolute Gasteiger partial charge is 0.233 e. The van der Waals surface area contributed by atoms with Crippen LogP contribution in [-0.4, -0.2) is 4.98 Å². The lowest BCUT2D eigenvalue weighted by molar-refractivity contribution is -0.733. The molecule has 88 valence electrons. The van der Waals surface area contributed by atoms with Crippen molar-refractivity contribution in [1.29, 1.82) is 0 Å². The summed E-state index contributed by atoms with van der Waals surface area (Å²) in [6.45, 7) is 13.9. The van der Waals surface area contributed by atoms with Gasteiger partial charge in [-0.3, -0.25) is 0 Å². The van der Waals surface area contributed by atoms with Crippen LogP contribution in [0, 0.1) is 10.8 Å². The van der Waals surface area contributed by atoms with Crippen molar-refractivity contribution in [2.45, 2.75) is 53.5 Å². The van der Waals surface area contributed by atoms with Gasteiger partial charge in [-0.25, -0.2) is 4.57 Å². The van der Waals surface area contributed by atoms with Crippen molar-refractivity contribution in [2.75, 3.05) is 0 Å². The van der Waals surface area contributed by atoms with E-state index in [1.54, 1.807) is 0 Å². The van der Waals surface area contributed by atoms with Crippen molar-refractivity contribution in [1.82, 2.24) is 4.98 Å². The molecule has 2 heteroatoms. The molecule has 2 nitrogen and oxygen atoms in total. The molecule has 16 heavy (non-hydrogen) atoms. The van der Waals surface area contributed by atoms with E-state index in [-0.39, 0.29) is 10.8 Å². The SMILES string of the molecule is CC(C)(C)C1c2cnc[n+](c2)C1C(C)(C)C. The van der Waals surface area contributed by atoms with Gasteiger partial charge in [-0.2, -0.15) is 0 Å². The first kappa shape index (κ1) is 11.6. The van der Waals surface area contributed by atoms with Crippen LogP contribution >= 0.6 is 0 Å². The van der Waals surface area contributed by atoms with Crippen molar-refractivity contribution >= 4 is 0 Å². The Bertz CT molecular complexity index is 361. The number of nitrogens with zero attached hydrogens (tertiary/aromatic N) is 2. The molecule has 2 heterocycles. The zero-order valence-corrected chi connectivity index (χ0v) is 11.3. The molecule has 0 aliphatic carbocycles. The number of hydrogen-bond donors (Lipinski definition) is 0. The minimum Gasteiger partial charge on any atom is -0.233 e. The maximum Gasteiger partial charge on any atom is 0.286 e. The molecule has 0 aromatic carbocycles. The molecule has 1 aromatic heterocycles. The second-order valence-corrected chi connectivity index (χ2v) is 7.12. The fraction of sp³-hybridized carbons (Fsp3) is 0.714. The van der Waals surface area contributed by atoms with E-state index in [4.69, 9.17) is 0 Å². The van der Waals surface area contributed by atoms with Crippen LogP contribution in [0.4, 0.5) is 0 Å². The highest BCUT2D eigenvalue weighted by atomic mass is 15.1. The van der Waals surface area contributed by atoms with Gasteiger partial charge in [0, 0.05) is 16.9 Å². The lowest BCUT2D eigenvalue weighted by atomic mass is 9.67. The Morgan fingerprint density at radius 1 is 1.06 bits per heavy atom. The van der Waals surface area contributed by atoms with Gasteiger partial charge in [-0.05, 0) is 5.41 Å². The van der Waals surface area contributed by atoms with E-state index in [0.717, 1.165) is 0 Å². The average molecular weight is 219 g/mol. The van der Waals surface area contributed by atoms with Crippen LogP contribution in [0.25, 0.3) is 0 Å². The predicted molar refractivity (Wildman–Crippen MR) is 65.1 cm³/mol. The van der Waals surface area contributed by atoms with Crippen LogP contribution in [0.5, 0.6) is 0 Å². The van der Waals surface area contributed by atoms with Gasteiger partial charge < -0.3 is 0 Å². The fourth-order valence-corrected chi connectivity index (χ4v) is 3.02. The Labute approximate surface area is 98.7 Å². The molecule has 2 unspecified atom stereocenters. The molecule has 0 N–H and O–H groups in total. The van der Waals surface area contributed by atoms with Crippen LogP contribution < -0.4 is 4.57 Å². The van der Waals surface area contributed by atoms with Crippen molar-refractivity contribution in [3.63, 3.8) is 0 Å². The van der Waals surface area contributed by atoms with Crippen LogP contribution in [0.15, 0.2) is 18.7 Å². The Morgan fingerprint density at radius 3 is 2.19 bits per heavy atom. The first-order chi connectivity index (χ1) is 7.21. The number of aromatic nitrogens is 2. The summed E-state index contributed by atoms with van der Waals surface area (Å²) in [5, 5.41) is 0. The maximum atomic E-state index is 4.34. The predicted octanol–water partition coefficient (Wildman–Crippen LogP) is 3.10. The molecule has 0 fully saturated rings. The van der Waals surface area contributed by atoms with E-state index in [1.807, 2.05) is 12.5 Å². The van der Waals surface area contributed by atoms with Gasteiger partial charge in [-0.15, -0.1) is 0 Å². The first-order valence-corrected chi connectivity index (χ1v) is 6.07. The minimum absolute atomic E-state index is 0.264. The third kappa shape index (κ3) is 1.74. The van der Waals surface area contributed by atoms with Gasteiger partial charge in [0.05, 0.1) is 6.20 Å². The van der Waals surface area contributed by atoms with E-state index in [0.29, 0.717) is 12.0 Å². The van der Waals surface area contributed by atoms with Crippen molar-refractivity contribution in [2.24, 2.45) is 10.8 Å². The molecule has 1 aliphatic heterocycles. The Hall–Kier alpha value is -0.920. The van der Waals surface area contributed by atoms with Crippen molar-refractivity contribution in [3.8, 4) is 0 Å². The third-order valence-electron chi connectivity index (χ3n) is 3.54. The molecule has 0 amide bonds. The molecule has 1 aromatic rings. The summed E-state index contributed by atoms with van der Waals surface area (Å²) in [5.41, 5.74) is 1.93. The number of hydrogen-bond acceptors (Lipinski definition) is 1. The monoisotopic (exact) mass is 219 g/mol. The molecule has 0 saturated heterocycles. The zero-order chi connectivity index (χ0) is 12.1. The fourth-order valence-electron chi connectivity index (χ4n) is 3.02. The summed E-state index contributed by atoms with van der Waals surface area (Å²) >= 11 is 0. The molecule has 0 radical (unpaired) electrons. The number of rotatable bonds is 0. The average Bonchev–Trinajstić information content (AvgIpc) is 2.35. The Kier molecular flexibility index (Phi) is 2.37. The quantitative estimate of drug-likeness (QED) is 0.613. The highest BCUT2D eigenvalue weighted by Crippen LogP contribution is 2.49. The summed E-state index contributed by atoms with van der Waals surface area (Å²) in [7, 11) is 0. The van der Waals surface area contributed by atoms with Gasteiger partial charge in [0.15, 0.2) is 0 Å². The van der Waals surface area contributed by atoms with Gasteiger partial charge in [-0.1, -0.05) is 46.5 Å². The molecular formula is C14H23N2+. The summed E-state index contributed by atoms with van der Waals surface area (Å²) in [6, 6.07) is 0.519. The van der Waals surface area contributed by atoms with Crippen LogP contribution in [-0.2, 0) is 0 Å². The molecular weight excluding hydrogens is 196 g/mol. The summed E-state index contributed by atoms with van der Waals surface area (Å²) in [6.07, 6.45) is 6.25. The van der Waals surface area contributed by atoms with E-state index in [1.165, 1.54) is 5.56 Å². The summed E-state index contributed by atoms with van der Waals surface area (Å²) in [4.78, 5) is 4.34.